The molecule has 1 aliphatic rings. The minimum atomic E-state index is 0. The Bertz CT molecular complexity index is 796. The molecule has 0 spiro atoms. The fourth-order valence-corrected chi connectivity index (χ4v) is 3.60. The highest BCUT2D eigenvalue weighted by Gasteiger charge is 2.18. The molecule has 0 aliphatic carbocycles. The first-order chi connectivity index (χ1) is 15.2. The third-order valence-corrected chi connectivity index (χ3v) is 5.24. The van der Waals surface area contributed by atoms with Crippen molar-refractivity contribution in [3.05, 3.63) is 48.3 Å². The highest BCUT2D eigenvalue weighted by Crippen LogP contribution is 2.13. The summed E-state index contributed by atoms with van der Waals surface area (Å²) in [7, 11) is 2.08. The fraction of sp³-hybridized carbons (Fsp3) is 0.522. The van der Waals surface area contributed by atoms with Crippen LogP contribution in [0.2, 0.25) is 0 Å². The number of guanidine groups is 1. The molecule has 0 radical (unpaired) electrons. The van der Waals surface area contributed by atoms with Crippen molar-refractivity contribution in [1.82, 2.24) is 25.1 Å². The number of aliphatic imine (C=N–C) groups is 1. The van der Waals surface area contributed by atoms with E-state index in [4.69, 9.17) is 9.73 Å². The molecule has 9 heteroatoms. The van der Waals surface area contributed by atoms with E-state index in [-0.39, 0.29) is 24.0 Å². The van der Waals surface area contributed by atoms with Crippen LogP contribution in [-0.2, 0) is 6.54 Å². The van der Waals surface area contributed by atoms with Crippen molar-refractivity contribution in [3.63, 3.8) is 0 Å². The Morgan fingerprint density at radius 2 is 1.78 bits per heavy atom. The van der Waals surface area contributed by atoms with E-state index in [1.54, 1.807) is 12.4 Å². The molecule has 0 unspecified atom stereocenters. The topological polar surface area (TPSA) is 69.1 Å². The molecule has 0 bridgehead atoms. The summed E-state index contributed by atoms with van der Waals surface area (Å²) in [5.74, 6) is 2.67. The number of piperazine rings is 1. The van der Waals surface area contributed by atoms with E-state index in [9.17, 15) is 0 Å². The largest absolute Gasteiger partial charge is 0.494 e. The van der Waals surface area contributed by atoms with Crippen LogP contribution in [0.5, 0.6) is 5.75 Å². The van der Waals surface area contributed by atoms with Gasteiger partial charge in [-0.2, -0.15) is 0 Å². The Balaban J connectivity index is 0.00000363. The number of hydrogen-bond donors (Lipinski definition) is 1. The van der Waals surface area contributed by atoms with Crippen LogP contribution in [0.4, 0.5) is 5.95 Å². The number of aromatic nitrogens is 2. The number of anilines is 1. The highest BCUT2D eigenvalue weighted by molar-refractivity contribution is 14.0. The fourth-order valence-electron chi connectivity index (χ4n) is 3.60. The molecule has 1 N–H and O–H groups in total. The molecule has 32 heavy (non-hydrogen) atoms. The molecular weight excluding hydrogens is 517 g/mol. The molecule has 2 heterocycles. The lowest BCUT2D eigenvalue weighted by atomic mass is 10.2. The molecule has 0 saturated carbocycles. The molecule has 8 nitrogen and oxygen atoms in total. The van der Waals surface area contributed by atoms with Gasteiger partial charge in [-0.05, 0) is 37.6 Å². The summed E-state index contributed by atoms with van der Waals surface area (Å²) in [6.45, 7) is 12.1. The first kappa shape index (κ1) is 26.1. The summed E-state index contributed by atoms with van der Waals surface area (Å²) < 4.78 is 5.53. The van der Waals surface area contributed by atoms with Gasteiger partial charge in [0, 0.05) is 65.3 Å². The van der Waals surface area contributed by atoms with Crippen LogP contribution < -0.4 is 15.0 Å². The second-order valence-electron chi connectivity index (χ2n) is 7.55. The summed E-state index contributed by atoms with van der Waals surface area (Å²) in [5, 5.41) is 3.41. The molecule has 2 aromatic rings. The minimum Gasteiger partial charge on any atom is -0.494 e. The van der Waals surface area contributed by atoms with Crippen LogP contribution in [0.3, 0.4) is 0 Å². The Hall–Kier alpha value is -2.14. The van der Waals surface area contributed by atoms with E-state index in [0.29, 0.717) is 6.61 Å². The number of rotatable bonds is 9. The van der Waals surface area contributed by atoms with Gasteiger partial charge in [0.25, 0.3) is 0 Å². The maximum atomic E-state index is 5.53. The predicted molar refractivity (Wildman–Crippen MR) is 141 cm³/mol. The van der Waals surface area contributed by atoms with Crippen molar-refractivity contribution in [2.45, 2.75) is 20.4 Å². The average molecular weight is 553 g/mol. The van der Waals surface area contributed by atoms with Gasteiger partial charge in [-0.15, -0.1) is 24.0 Å². The van der Waals surface area contributed by atoms with E-state index in [1.165, 1.54) is 5.56 Å². The summed E-state index contributed by atoms with van der Waals surface area (Å²) in [5.41, 5.74) is 1.23. The zero-order chi connectivity index (χ0) is 21.9. The van der Waals surface area contributed by atoms with Gasteiger partial charge in [-0.3, -0.25) is 9.89 Å². The van der Waals surface area contributed by atoms with Crippen LogP contribution in [0.25, 0.3) is 0 Å². The van der Waals surface area contributed by atoms with Gasteiger partial charge < -0.3 is 19.9 Å². The standard InChI is InChI=1S/C23H35N7O.HI/c1-4-24-22(28(3)19-20-7-9-21(10-8-20)31-5-2)27-13-14-29-15-17-30(18-16-29)23-25-11-6-12-26-23;/h6-12H,4-5,13-19H2,1-3H3,(H,24,27);1H. The lowest BCUT2D eigenvalue weighted by Gasteiger charge is -2.34. The molecule has 1 aromatic heterocycles. The van der Waals surface area contributed by atoms with Gasteiger partial charge in [0.15, 0.2) is 5.96 Å². The lowest BCUT2D eigenvalue weighted by molar-refractivity contribution is 0.263. The third kappa shape index (κ3) is 8.09. The minimum absolute atomic E-state index is 0. The Morgan fingerprint density at radius 1 is 1.09 bits per heavy atom. The quantitative estimate of drug-likeness (QED) is 0.291. The molecule has 0 atom stereocenters. The number of hydrogen-bond acceptors (Lipinski definition) is 6. The monoisotopic (exact) mass is 553 g/mol. The smallest absolute Gasteiger partial charge is 0.225 e. The molecule has 1 fully saturated rings. The molecule has 1 aliphatic heterocycles. The zero-order valence-electron chi connectivity index (χ0n) is 19.4. The van der Waals surface area contributed by atoms with Crippen LogP contribution in [0.15, 0.2) is 47.7 Å². The second kappa shape index (κ2) is 14.1. The van der Waals surface area contributed by atoms with E-state index in [1.807, 2.05) is 25.1 Å². The summed E-state index contributed by atoms with van der Waals surface area (Å²) in [6, 6.07) is 10.1. The summed E-state index contributed by atoms with van der Waals surface area (Å²) >= 11 is 0. The van der Waals surface area contributed by atoms with E-state index >= 15 is 0 Å². The molecule has 0 amide bonds. The van der Waals surface area contributed by atoms with Gasteiger partial charge in [0.05, 0.1) is 13.2 Å². The first-order valence-corrected chi connectivity index (χ1v) is 11.1. The summed E-state index contributed by atoms with van der Waals surface area (Å²) in [6.07, 6.45) is 3.60. The van der Waals surface area contributed by atoms with Crippen molar-refractivity contribution >= 4 is 35.9 Å². The number of ether oxygens (including phenoxy) is 1. The molecular formula is C23H36IN7O. The normalized spacial score (nSPS) is 14.6. The van der Waals surface area contributed by atoms with Crippen molar-refractivity contribution in [1.29, 1.82) is 0 Å². The summed E-state index contributed by atoms with van der Waals surface area (Å²) in [4.78, 5) is 20.4. The van der Waals surface area contributed by atoms with Crippen LogP contribution >= 0.6 is 24.0 Å². The molecule has 1 aromatic carbocycles. The maximum Gasteiger partial charge on any atom is 0.225 e. The second-order valence-corrected chi connectivity index (χ2v) is 7.55. The Labute approximate surface area is 209 Å². The van der Waals surface area contributed by atoms with Gasteiger partial charge in [-0.25, -0.2) is 9.97 Å². The van der Waals surface area contributed by atoms with Gasteiger partial charge in [0.2, 0.25) is 5.95 Å². The number of halogens is 1. The van der Waals surface area contributed by atoms with E-state index in [2.05, 4.69) is 56.1 Å². The molecule has 3 rings (SSSR count). The van der Waals surface area contributed by atoms with Gasteiger partial charge >= 0.3 is 0 Å². The SMILES string of the molecule is CCNC(=NCCN1CCN(c2ncccn2)CC1)N(C)Cc1ccc(OCC)cc1.I. The average Bonchev–Trinajstić information content (AvgIpc) is 2.81. The van der Waals surface area contributed by atoms with Crippen LogP contribution in [-0.4, -0.2) is 85.2 Å². The van der Waals surface area contributed by atoms with Crippen molar-refractivity contribution in [3.8, 4) is 5.75 Å². The Kier molecular flexibility index (Phi) is 11.5. The number of nitrogens with zero attached hydrogens (tertiary/aromatic N) is 6. The first-order valence-electron chi connectivity index (χ1n) is 11.1. The number of benzene rings is 1. The van der Waals surface area contributed by atoms with Gasteiger partial charge in [0.1, 0.15) is 5.75 Å². The molecule has 1 saturated heterocycles. The lowest BCUT2D eigenvalue weighted by Crippen LogP contribution is -2.47. The van der Waals surface area contributed by atoms with E-state index in [0.717, 1.165) is 70.0 Å². The highest BCUT2D eigenvalue weighted by atomic mass is 127. The predicted octanol–water partition coefficient (Wildman–Crippen LogP) is 2.71. The van der Waals surface area contributed by atoms with Gasteiger partial charge in [-0.1, -0.05) is 12.1 Å². The number of nitrogens with one attached hydrogen (secondary N) is 1. The van der Waals surface area contributed by atoms with Crippen molar-refractivity contribution < 1.29 is 4.74 Å². The maximum absolute atomic E-state index is 5.53. The third-order valence-electron chi connectivity index (χ3n) is 5.24. The van der Waals surface area contributed by atoms with Crippen molar-refractivity contribution in [2.75, 3.05) is 64.4 Å². The van der Waals surface area contributed by atoms with Crippen molar-refractivity contribution in [2.24, 2.45) is 4.99 Å². The van der Waals surface area contributed by atoms with Crippen LogP contribution in [0.1, 0.15) is 19.4 Å². The van der Waals surface area contributed by atoms with E-state index < -0.39 is 0 Å². The molecule has 176 valence electrons. The Morgan fingerprint density at radius 3 is 2.41 bits per heavy atom. The van der Waals surface area contributed by atoms with Crippen LogP contribution in [0, 0.1) is 0 Å². The zero-order valence-corrected chi connectivity index (χ0v) is 21.7.